The van der Waals surface area contributed by atoms with E-state index in [1.807, 2.05) is 0 Å². The maximum Gasteiger partial charge on any atom is 0.305 e. The van der Waals surface area contributed by atoms with Gasteiger partial charge < -0.3 is 25.0 Å². The number of phenols is 3. The van der Waals surface area contributed by atoms with Crippen molar-refractivity contribution in [1.82, 2.24) is 4.90 Å². The number of methoxy groups -OCH3 is 1. The van der Waals surface area contributed by atoms with Gasteiger partial charge in [-0.1, -0.05) is 0 Å². The Kier molecular flexibility index (Phi) is 4.44. The number of fused-ring (bicyclic) bond motifs is 1. The van der Waals surface area contributed by atoms with E-state index in [0.717, 1.165) is 0 Å². The zero-order valence-corrected chi connectivity index (χ0v) is 12.5. The number of ether oxygens (including phenoxy) is 1. The van der Waals surface area contributed by atoms with Gasteiger partial charge in [-0.05, 0) is 19.8 Å². The van der Waals surface area contributed by atoms with E-state index in [9.17, 15) is 24.9 Å². The van der Waals surface area contributed by atoms with E-state index in [4.69, 9.17) is 0 Å². The van der Waals surface area contributed by atoms with Crippen LogP contribution in [0.4, 0.5) is 0 Å². The molecule has 0 bridgehead atoms. The third kappa shape index (κ3) is 2.66. The quantitative estimate of drug-likeness (QED) is 0.431. The summed E-state index contributed by atoms with van der Waals surface area (Å²) >= 11 is 0. The number of carbonyl (C=O) groups is 2. The first-order chi connectivity index (χ1) is 10.4. The van der Waals surface area contributed by atoms with E-state index >= 15 is 0 Å². The van der Waals surface area contributed by atoms with Crippen LogP contribution in [0.1, 0.15) is 40.7 Å². The van der Waals surface area contributed by atoms with Crippen LogP contribution in [0.2, 0.25) is 0 Å². The normalized spacial score (nSPS) is 13.4. The molecule has 0 aromatic heterocycles. The van der Waals surface area contributed by atoms with Crippen molar-refractivity contribution in [3.8, 4) is 17.2 Å². The molecule has 1 aliphatic heterocycles. The smallest absolute Gasteiger partial charge is 0.305 e. The number of unbranched alkanes of at least 4 members (excludes halogenated alkanes) is 1. The molecule has 0 atom stereocenters. The number of benzene rings is 1. The summed E-state index contributed by atoms with van der Waals surface area (Å²) in [5.41, 5.74) is 0.818. The van der Waals surface area contributed by atoms with Crippen molar-refractivity contribution in [3.05, 3.63) is 16.7 Å². The molecule has 0 fully saturated rings. The summed E-state index contributed by atoms with van der Waals surface area (Å²) in [6.45, 7) is 2.11. The van der Waals surface area contributed by atoms with Gasteiger partial charge in [0.1, 0.15) is 0 Å². The minimum atomic E-state index is -0.600. The molecule has 0 saturated carbocycles. The average molecular weight is 309 g/mol. The van der Waals surface area contributed by atoms with Gasteiger partial charge in [-0.2, -0.15) is 0 Å². The Hall–Kier alpha value is -2.44. The number of rotatable bonds is 5. The number of amides is 1. The molecule has 7 heteroatoms. The second-order valence-corrected chi connectivity index (χ2v) is 5.28. The second-order valence-electron chi connectivity index (χ2n) is 5.28. The zero-order valence-electron chi connectivity index (χ0n) is 12.5. The van der Waals surface area contributed by atoms with Crippen LogP contribution >= 0.6 is 0 Å². The molecule has 22 heavy (non-hydrogen) atoms. The molecular formula is C15H19NO6. The maximum absolute atomic E-state index is 12.3. The number of nitrogens with zero attached hydrogens (tertiary/aromatic N) is 1. The van der Waals surface area contributed by atoms with Gasteiger partial charge in [-0.15, -0.1) is 0 Å². The molecule has 0 radical (unpaired) electrons. The minimum absolute atomic E-state index is 0.174. The average Bonchev–Trinajstić information content (AvgIpc) is 2.84. The minimum Gasteiger partial charge on any atom is -0.504 e. The van der Waals surface area contributed by atoms with Gasteiger partial charge in [-0.3, -0.25) is 9.59 Å². The highest BCUT2D eigenvalue weighted by Crippen LogP contribution is 2.46. The van der Waals surface area contributed by atoms with Crippen LogP contribution < -0.4 is 0 Å². The van der Waals surface area contributed by atoms with Gasteiger partial charge in [0.25, 0.3) is 5.91 Å². The topological polar surface area (TPSA) is 107 Å². The van der Waals surface area contributed by atoms with E-state index in [-0.39, 0.29) is 36.0 Å². The van der Waals surface area contributed by atoms with Gasteiger partial charge in [0.05, 0.1) is 19.2 Å². The number of carbonyl (C=O) groups excluding carboxylic acids is 2. The molecule has 1 amide bonds. The van der Waals surface area contributed by atoms with E-state index < -0.39 is 17.2 Å². The van der Waals surface area contributed by atoms with Gasteiger partial charge in [0, 0.05) is 24.1 Å². The lowest BCUT2D eigenvalue weighted by Crippen LogP contribution is -2.25. The molecule has 7 nitrogen and oxygen atoms in total. The first-order valence-electron chi connectivity index (χ1n) is 7.00. The highest BCUT2D eigenvalue weighted by atomic mass is 16.5. The Balaban J connectivity index is 2.08. The van der Waals surface area contributed by atoms with Crippen LogP contribution in [-0.4, -0.2) is 45.8 Å². The van der Waals surface area contributed by atoms with Crippen LogP contribution in [0.5, 0.6) is 17.2 Å². The first-order valence-corrected chi connectivity index (χ1v) is 7.00. The van der Waals surface area contributed by atoms with Crippen LogP contribution in [0.15, 0.2) is 0 Å². The van der Waals surface area contributed by atoms with E-state index in [0.29, 0.717) is 24.9 Å². The predicted molar refractivity (Wildman–Crippen MR) is 76.8 cm³/mol. The fourth-order valence-electron chi connectivity index (χ4n) is 2.61. The molecule has 1 heterocycles. The van der Waals surface area contributed by atoms with Crippen molar-refractivity contribution in [2.24, 2.45) is 0 Å². The van der Waals surface area contributed by atoms with Crippen LogP contribution in [-0.2, 0) is 16.1 Å². The molecule has 0 saturated heterocycles. The van der Waals surface area contributed by atoms with Gasteiger partial charge in [0.2, 0.25) is 5.75 Å². The lowest BCUT2D eigenvalue weighted by atomic mass is 10.0. The standard InChI is InChI=1S/C15H19NO6/c1-8-11-9(13(19)14(20)12(8)18)7-16(15(11)21)6-4-3-5-10(17)22-2/h18-20H,3-7H2,1-2H3. The SMILES string of the molecule is COC(=O)CCCCN1Cc2c(O)c(O)c(O)c(C)c2C1=O. The fraction of sp³-hybridized carbons (Fsp3) is 0.467. The molecule has 0 unspecified atom stereocenters. The summed E-state index contributed by atoms with van der Waals surface area (Å²) in [4.78, 5) is 24.9. The first kappa shape index (κ1) is 15.9. The molecule has 3 N–H and O–H groups in total. The van der Waals surface area contributed by atoms with Crippen molar-refractivity contribution in [1.29, 1.82) is 0 Å². The van der Waals surface area contributed by atoms with Crippen molar-refractivity contribution < 1.29 is 29.6 Å². The fourth-order valence-corrected chi connectivity index (χ4v) is 2.61. The highest BCUT2D eigenvalue weighted by molar-refractivity contribution is 6.01. The Morgan fingerprint density at radius 1 is 1.18 bits per heavy atom. The summed E-state index contributed by atoms with van der Waals surface area (Å²) in [5, 5.41) is 29.3. The lowest BCUT2D eigenvalue weighted by Gasteiger charge is -2.15. The monoisotopic (exact) mass is 309 g/mol. The van der Waals surface area contributed by atoms with Crippen LogP contribution in [0, 0.1) is 6.92 Å². The molecule has 2 rings (SSSR count). The largest absolute Gasteiger partial charge is 0.504 e. The number of aromatic hydroxyl groups is 3. The Bertz CT molecular complexity index is 625. The molecule has 1 aromatic carbocycles. The van der Waals surface area contributed by atoms with Gasteiger partial charge in [-0.25, -0.2) is 0 Å². The van der Waals surface area contributed by atoms with Crippen molar-refractivity contribution in [2.75, 3.05) is 13.7 Å². The van der Waals surface area contributed by atoms with Gasteiger partial charge in [0.15, 0.2) is 11.5 Å². The van der Waals surface area contributed by atoms with Gasteiger partial charge >= 0.3 is 5.97 Å². The Labute approximate surface area is 127 Å². The number of phenolic OH excluding ortho intramolecular Hbond substituents is 3. The van der Waals surface area contributed by atoms with Crippen molar-refractivity contribution >= 4 is 11.9 Å². The third-order valence-electron chi connectivity index (χ3n) is 3.90. The van der Waals surface area contributed by atoms with E-state index in [1.54, 1.807) is 0 Å². The maximum atomic E-state index is 12.3. The molecule has 1 aliphatic rings. The summed E-state index contributed by atoms with van der Waals surface area (Å²) < 4.78 is 4.54. The molecule has 0 spiro atoms. The lowest BCUT2D eigenvalue weighted by molar-refractivity contribution is -0.140. The van der Waals surface area contributed by atoms with Crippen molar-refractivity contribution in [2.45, 2.75) is 32.7 Å². The number of hydrogen-bond donors (Lipinski definition) is 3. The zero-order chi connectivity index (χ0) is 16.4. The summed E-state index contributed by atoms with van der Waals surface area (Å²) in [6.07, 6.45) is 1.50. The Morgan fingerprint density at radius 3 is 2.50 bits per heavy atom. The van der Waals surface area contributed by atoms with Crippen LogP contribution in [0.3, 0.4) is 0 Å². The molecular weight excluding hydrogens is 290 g/mol. The highest BCUT2D eigenvalue weighted by Gasteiger charge is 2.34. The summed E-state index contributed by atoms with van der Waals surface area (Å²) in [7, 11) is 1.33. The Morgan fingerprint density at radius 2 is 1.86 bits per heavy atom. The molecule has 1 aromatic rings. The number of esters is 1. The second kappa shape index (κ2) is 6.13. The predicted octanol–water partition coefficient (Wildman–Crippen LogP) is 1.41. The third-order valence-corrected chi connectivity index (χ3v) is 3.90. The summed E-state index contributed by atoms with van der Waals surface area (Å²) in [6, 6.07) is 0. The summed E-state index contributed by atoms with van der Waals surface area (Å²) in [5.74, 6) is -2.12. The van der Waals surface area contributed by atoms with E-state index in [2.05, 4.69) is 4.74 Å². The number of hydrogen-bond acceptors (Lipinski definition) is 6. The van der Waals surface area contributed by atoms with E-state index in [1.165, 1.54) is 18.9 Å². The van der Waals surface area contributed by atoms with Crippen molar-refractivity contribution in [3.63, 3.8) is 0 Å². The molecule has 0 aliphatic carbocycles. The van der Waals surface area contributed by atoms with Crippen LogP contribution in [0.25, 0.3) is 0 Å². The molecule has 120 valence electrons.